The fourth-order valence-electron chi connectivity index (χ4n) is 2.69. The van der Waals surface area contributed by atoms with E-state index in [2.05, 4.69) is 4.72 Å². The molecule has 10 heteroatoms. The molecular weight excluding hydrogens is 365 g/mol. The van der Waals surface area contributed by atoms with Crippen LogP contribution in [0.2, 0.25) is 0 Å². The van der Waals surface area contributed by atoms with Crippen molar-refractivity contribution >= 4 is 16.1 Å². The summed E-state index contributed by atoms with van der Waals surface area (Å²) in [5.74, 6) is -0.962. The number of hydrogen-bond donors (Lipinski definition) is 3. The monoisotopic (exact) mass is 389 g/mol. The summed E-state index contributed by atoms with van der Waals surface area (Å²) >= 11 is 0. The highest BCUT2D eigenvalue weighted by Gasteiger charge is 2.33. The van der Waals surface area contributed by atoms with E-state index < -0.39 is 22.2 Å². The van der Waals surface area contributed by atoms with Gasteiger partial charge in [-0.3, -0.25) is 10.0 Å². The standard InChI is InChI=1S/C16H24FN3O5S/c1-11(2)15(16(21)18-22)19-26(23,24)20-9-7-14(8-10-20)25-13-5-3-12(17)4-6-13/h3-6,11,14-15,19,22H,7-10H2,1-2H3,(H,18,21). The molecule has 146 valence electrons. The highest BCUT2D eigenvalue weighted by atomic mass is 32.2. The van der Waals surface area contributed by atoms with Crippen molar-refractivity contribution in [1.82, 2.24) is 14.5 Å². The van der Waals surface area contributed by atoms with Crippen LogP contribution in [0.15, 0.2) is 24.3 Å². The van der Waals surface area contributed by atoms with Crippen molar-refractivity contribution in [2.75, 3.05) is 13.1 Å². The van der Waals surface area contributed by atoms with E-state index in [4.69, 9.17) is 9.94 Å². The lowest BCUT2D eigenvalue weighted by molar-refractivity contribution is -0.131. The summed E-state index contributed by atoms with van der Waals surface area (Å²) in [6.45, 7) is 3.80. The zero-order valence-corrected chi connectivity index (χ0v) is 15.5. The van der Waals surface area contributed by atoms with E-state index in [0.717, 1.165) is 0 Å². The number of hydroxylamine groups is 1. The molecule has 0 radical (unpaired) electrons. The van der Waals surface area contributed by atoms with Crippen molar-refractivity contribution in [2.24, 2.45) is 5.92 Å². The second-order valence-electron chi connectivity index (χ2n) is 6.49. The Balaban J connectivity index is 1.92. The topological polar surface area (TPSA) is 108 Å². The molecule has 1 amide bonds. The van der Waals surface area contributed by atoms with Crippen LogP contribution in [0.5, 0.6) is 5.75 Å². The summed E-state index contributed by atoms with van der Waals surface area (Å²) in [6, 6.07) is 4.59. The highest BCUT2D eigenvalue weighted by molar-refractivity contribution is 7.87. The number of nitrogens with zero attached hydrogens (tertiary/aromatic N) is 1. The first-order valence-corrected chi connectivity index (χ1v) is 9.80. The zero-order valence-electron chi connectivity index (χ0n) is 14.7. The number of hydrogen-bond acceptors (Lipinski definition) is 5. The molecule has 26 heavy (non-hydrogen) atoms. The second-order valence-corrected chi connectivity index (χ2v) is 8.19. The average molecular weight is 389 g/mol. The molecule has 1 atom stereocenters. The van der Waals surface area contributed by atoms with Gasteiger partial charge in [0.2, 0.25) is 0 Å². The number of carbonyl (C=O) groups excluding carboxylic acids is 1. The Morgan fingerprint density at radius 3 is 2.35 bits per heavy atom. The summed E-state index contributed by atoms with van der Waals surface area (Å²) in [7, 11) is -3.88. The van der Waals surface area contributed by atoms with E-state index in [1.165, 1.54) is 34.1 Å². The zero-order chi connectivity index (χ0) is 19.3. The molecule has 0 aromatic heterocycles. The Bertz CT molecular complexity index is 703. The Morgan fingerprint density at radius 2 is 1.85 bits per heavy atom. The third-order valence-electron chi connectivity index (χ3n) is 4.19. The van der Waals surface area contributed by atoms with E-state index in [0.29, 0.717) is 18.6 Å². The molecule has 1 aromatic carbocycles. The first-order chi connectivity index (χ1) is 12.2. The SMILES string of the molecule is CC(C)C(NS(=O)(=O)N1CCC(Oc2ccc(F)cc2)CC1)C(=O)NO. The third-order valence-corrected chi connectivity index (χ3v) is 5.79. The smallest absolute Gasteiger partial charge is 0.280 e. The van der Waals surface area contributed by atoms with Crippen molar-refractivity contribution < 1.29 is 27.5 Å². The van der Waals surface area contributed by atoms with Crippen molar-refractivity contribution in [3.63, 3.8) is 0 Å². The number of ether oxygens (including phenoxy) is 1. The molecule has 0 bridgehead atoms. The van der Waals surface area contributed by atoms with Gasteiger partial charge in [0.1, 0.15) is 23.7 Å². The lowest BCUT2D eigenvalue weighted by Crippen LogP contribution is -2.55. The minimum absolute atomic E-state index is 0.173. The Morgan fingerprint density at radius 1 is 1.27 bits per heavy atom. The number of nitrogens with one attached hydrogen (secondary N) is 2. The lowest BCUT2D eigenvalue weighted by atomic mass is 10.1. The maximum atomic E-state index is 12.9. The molecule has 8 nitrogen and oxygen atoms in total. The fourth-order valence-corrected chi connectivity index (χ4v) is 4.23. The maximum absolute atomic E-state index is 12.9. The van der Waals surface area contributed by atoms with E-state index >= 15 is 0 Å². The number of amides is 1. The number of piperidine rings is 1. The summed E-state index contributed by atoms with van der Waals surface area (Å²) in [5.41, 5.74) is 1.48. The van der Waals surface area contributed by atoms with Gasteiger partial charge in [0.25, 0.3) is 16.1 Å². The third kappa shape index (κ3) is 5.37. The first kappa shape index (κ1) is 20.6. The fraction of sp³-hybridized carbons (Fsp3) is 0.562. The van der Waals surface area contributed by atoms with E-state index in [-0.39, 0.29) is 30.9 Å². The van der Waals surface area contributed by atoms with Crippen LogP contribution in [-0.4, -0.2) is 49.1 Å². The lowest BCUT2D eigenvalue weighted by Gasteiger charge is -2.32. The molecule has 1 heterocycles. The molecule has 1 saturated heterocycles. The van der Waals surface area contributed by atoms with Crippen LogP contribution in [0.25, 0.3) is 0 Å². The van der Waals surface area contributed by atoms with Gasteiger partial charge in [0, 0.05) is 13.1 Å². The average Bonchev–Trinajstić information content (AvgIpc) is 2.61. The van der Waals surface area contributed by atoms with Crippen molar-refractivity contribution in [3.8, 4) is 5.75 Å². The van der Waals surface area contributed by atoms with Crippen LogP contribution >= 0.6 is 0 Å². The Hall–Kier alpha value is -1.75. The predicted molar refractivity (Wildman–Crippen MR) is 92.2 cm³/mol. The van der Waals surface area contributed by atoms with Gasteiger partial charge in [-0.15, -0.1) is 0 Å². The molecule has 2 rings (SSSR count). The van der Waals surface area contributed by atoms with Gasteiger partial charge < -0.3 is 4.74 Å². The molecule has 1 aliphatic rings. The van der Waals surface area contributed by atoms with Crippen LogP contribution in [-0.2, 0) is 15.0 Å². The summed E-state index contributed by atoms with van der Waals surface area (Å²) in [5, 5.41) is 8.77. The van der Waals surface area contributed by atoms with Crippen LogP contribution in [0.4, 0.5) is 4.39 Å². The Kier molecular flexibility index (Phi) is 6.93. The highest BCUT2D eigenvalue weighted by Crippen LogP contribution is 2.21. The van der Waals surface area contributed by atoms with Crippen LogP contribution in [0.1, 0.15) is 26.7 Å². The number of rotatable bonds is 7. The molecule has 0 saturated carbocycles. The van der Waals surface area contributed by atoms with Gasteiger partial charge in [0.15, 0.2) is 0 Å². The maximum Gasteiger partial charge on any atom is 0.280 e. The minimum atomic E-state index is -3.88. The normalized spacial score (nSPS) is 17.9. The number of carbonyl (C=O) groups is 1. The molecule has 1 unspecified atom stereocenters. The van der Waals surface area contributed by atoms with Crippen molar-refractivity contribution in [2.45, 2.75) is 38.8 Å². The van der Waals surface area contributed by atoms with E-state index in [1.54, 1.807) is 13.8 Å². The van der Waals surface area contributed by atoms with Gasteiger partial charge in [-0.1, -0.05) is 13.8 Å². The first-order valence-electron chi connectivity index (χ1n) is 8.36. The van der Waals surface area contributed by atoms with Crippen molar-refractivity contribution in [1.29, 1.82) is 0 Å². The summed E-state index contributed by atoms with van der Waals surface area (Å²) in [6.07, 6.45) is 0.766. The second kappa shape index (κ2) is 8.76. The molecule has 1 fully saturated rings. The molecule has 0 aliphatic carbocycles. The molecule has 0 spiro atoms. The Labute approximate surface area is 152 Å². The van der Waals surface area contributed by atoms with Gasteiger partial charge in [-0.2, -0.15) is 17.4 Å². The van der Waals surface area contributed by atoms with Gasteiger partial charge in [-0.05, 0) is 43.0 Å². The van der Waals surface area contributed by atoms with Crippen molar-refractivity contribution in [3.05, 3.63) is 30.1 Å². The van der Waals surface area contributed by atoms with Gasteiger partial charge >= 0.3 is 0 Å². The molecular formula is C16H24FN3O5S. The largest absolute Gasteiger partial charge is 0.490 e. The summed E-state index contributed by atoms with van der Waals surface area (Å²) in [4.78, 5) is 11.6. The molecule has 1 aromatic rings. The van der Waals surface area contributed by atoms with Crippen LogP contribution in [0, 0.1) is 11.7 Å². The van der Waals surface area contributed by atoms with Gasteiger partial charge in [-0.25, -0.2) is 9.87 Å². The minimum Gasteiger partial charge on any atom is -0.490 e. The van der Waals surface area contributed by atoms with Crippen LogP contribution < -0.4 is 14.9 Å². The number of halogens is 1. The predicted octanol–water partition coefficient (Wildman–Crippen LogP) is 1.03. The van der Waals surface area contributed by atoms with E-state index in [9.17, 15) is 17.6 Å². The molecule has 1 aliphatic heterocycles. The quantitative estimate of drug-likeness (QED) is 0.477. The summed E-state index contributed by atoms with van der Waals surface area (Å²) < 4.78 is 47.2. The number of benzene rings is 1. The molecule has 3 N–H and O–H groups in total. The van der Waals surface area contributed by atoms with Gasteiger partial charge in [0.05, 0.1) is 0 Å². The van der Waals surface area contributed by atoms with Crippen LogP contribution in [0.3, 0.4) is 0 Å². The van der Waals surface area contributed by atoms with E-state index in [1.807, 2.05) is 0 Å².